The van der Waals surface area contributed by atoms with E-state index in [0.717, 1.165) is 29.0 Å². The highest BCUT2D eigenvalue weighted by molar-refractivity contribution is 5.74. The third-order valence-corrected chi connectivity index (χ3v) is 4.38. The van der Waals surface area contributed by atoms with Gasteiger partial charge in [-0.2, -0.15) is 0 Å². The highest BCUT2D eigenvalue weighted by Gasteiger charge is 2.21. The van der Waals surface area contributed by atoms with Gasteiger partial charge in [0, 0.05) is 13.0 Å². The molecular weight excluding hydrogens is 328 g/mol. The lowest BCUT2D eigenvalue weighted by molar-refractivity contribution is 0.232. The summed E-state index contributed by atoms with van der Waals surface area (Å²) in [5.74, 6) is 1.75. The molecule has 0 unspecified atom stereocenters. The molecule has 2 aromatic carbocycles. The molecule has 0 aliphatic carbocycles. The van der Waals surface area contributed by atoms with Gasteiger partial charge in [0.2, 0.25) is 0 Å². The summed E-state index contributed by atoms with van der Waals surface area (Å²) in [5, 5.41) is 6.00. The molecule has 5 nitrogen and oxygen atoms in total. The first-order valence-electron chi connectivity index (χ1n) is 9.11. The summed E-state index contributed by atoms with van der Waals surface area (Å²) in [5.41, 5.74) is 2.08. The number of rotatable bonds is 5. The van der Waals surface area contributed by atoms with Crippen LogP contribution < -0.4 is 20.1 Å². The molecule has 0 radical (unpaired) electrons. The average molecular weight is 354 g/mol. The van der Waals surface area contributed by atoms with Gasteiger partial charge in [-0.25, -0.2) is 4.79 Å². The maximum absolute atomic E-state index is 12.4. The molecule has 1 atom stereocenters. The molecular formula is C21H26N2O3. The Morgan fingerprint density at radius 2 is 1.77 bits per heavy atom. The van der Waals surface area contributed by atoms with Crippen LogP contribution in [0.5, 0.6) is 11.5 Å². The number of hydrogen-bond acceptors (Lipinski definition) is 3. The van der Waals surface area contributed by atoms with Crippen molar-refractivity contribution in [1.82, 2.24) is 10.6 Å². The van der Waals surface area contributed by atoms with Crippen LogP contribution in [0, 0.1) is 5.92 Å². The minimum absolute atomic E-state index is 0.108. The Morgan fingerprint density at radius 1 is 1.04 bits per heavy atom. The number of fused-ring (bicyclic) bond motifs is 1. The van der Waals surface area contributed by atoms with Crippen molar-refractivity contribution in [2.45, 2.75) is 32.9 Å². The van der Waals surface area contributed by atoms with Gasteiger partial charge in [0.15, 0.2) is 11.5 Å². The average Bonchev–Trinajstić information content (AvgIpc) is 2.90. The Morgan fingerprint density at radius 3 is 2.50 bits per heavy atom. The van der Waals surface area contributed by atoms with Crippen molar-refractivity contribution < 1.29 is 14.3 Å². The summed E-state index contributed by atoms with van der Waals surface area (Å²) in [6.07, 6.45) is 0.873. The normalized spacial score (nSPS) is 14.4. The van der Waals surface area contributed by atoms with Crippen molar-refractivity contribution in [1.29, 1.82) is 0 Å². The van der Waals surface area contributed by atoms with Gasteiger partial charge in [-0.1, -0.05) is 50.2 Å². The molecule has 1 aliphatic rings. The Balaban J connectivity index is 1.67. The van der Waals surface area contributed by atoms with Crippen molar-refractivity contribution in [3.05, 3.63) is 59.7 Å². The van der Waals surface area contributed by atoms with E-state index in [1.165, 1.54) is 0 Å². The summed E-state index contributed by atoms with van der Waals surface area (Å²) in [6.45, 7) is 5.99. The Hall–Kier alpha value is -2.69. The molecule has 1 aliphatic heterocycles. The smallest absolute Gasteiger partial charge is 0.315 e. The van der Waals surface area contributed by atoms with Gasteiger partial charge >= 0.3 is 6.03 Å². The molecule has 5 heteroatoms. The number of urea groups is 1. The van der Waals surface area contributed by atoms with Gasteiger partial charge in [-0.05, 0) is 29.2 Å². The molecule has 138 valence electrons. The van der Waals surface area contributed by atoms with Gasteiger partial charge in [-0.3, -0.25) is 0 Å². The molecule has 2 N–H and O–H groups in total. The second-order valence-corrected chi connectivity index (χ2v) is 6.79. The number of benzene rings is 2. The van der Waals surface area contributed by atoms with Crippen LogP contribution in [-0.2, 0) is 6.54 Å². The molecule has 1 heterocycles. The number of amides is 2. The highest BCUT2D eigenvalue weighted by atomic mass is 16.5. The fraction of sp³-hybridized carbons (Fsp3) is 0.381. The first kappa shape index (κ1) is 18.1. The van der Waals surface area contributed by atoms with Gasteiger partial charge in [-0.15, -0.1) is 0 Å². The monoisotopic (exact) mass is 354 g/mol. The fourth-order valence-corrected chi connectivity index (χ4v) is 2.98. The van der Waals surface area contributed by atoms with Crippen LogP contribution in [0.2, 0.25) is 0 Å². The van der Waals surface area contributed by atoms with Crippen LogP contribution >= 0.6 is 0 Å². The predicted molar refractivity (Wildman–Crippen MR) is 101 cm³/mol. The number of carbonyl (C=O) groups is 1. The van der Waals surface area contributed by atoms with Crippen molar-refractivity contribution >= 4 is 6.03 Å². The van der Waals surface area contributed by atoms with Crippen molar-refractivity contribution in [3.63, 3.8) is 0 Å². The first-order chi connectivity index (χ1) is 12.6. The van der Waals surface area contributed by atoms with Crippen LogP contribution in [-0.4, -0.2) is 19.2 Å². The fourth-order valence-electron chi connectivity index (χ4n) is 2.98. The number of ether oxygens (including phenoxy) is 2. The lowest BCUT2D eigenvalue weighted by atomic mass is 9.96. The van der Waals surface area contributed by atoms with E-state index in [4.69, 9.17) is 9.47 Å². The standard InChI is InChI=1S/C21H26N2O3/c1-15(2)20(23-21(24)22-14-16-7-4-3-5-8-16)17-9-10-18-19(13-17)26-12-6-11-25-18/h3-5,7-10,13,15,20H,6,11-12,14H2,1-2H3,(H2,22,23,24)/t20-/m1/s1. The van der Waals surface area contributed by atoms with Crippen LogP contribution in [0.3, 0.4) is 0 Å². The lowest BCUT2D eigenvalue weighted by Crippen LogP contribution is -2.39. The minimum Gasteiger partial charge on any atom is -0.490 e. The van der Waals surface area contributed by atoms with Crippen molar-refractivity contribution in [2.24, 2.45) is 5.92 Å². The lowest BCUT2D eigenvalue weighted by Gasteiger charge is -2.24. The van der Waals surface area contributed by atoms with Crippen molar-refractivity contribution in [3.8, 4) is 11.5 Å². The number of nitrogens with one attached hydrogen (secondary N) is 2. The molecule has 0 aromatic heterocycles. The van der Waals surface area contributed by atoms with Crippen LogP contribution in [0.15, 0.2) is 48.5 Å². The summed E-state index contributed by atoms with van der Waals surface area (Å²) in [7, 11) is 0. The second-order valence-electron chi connectivity index (χ2n) is 6.79. The van der Waals surface area contributed by atoms with Gasteiger partial charge in [0.1, 0.15) is 0 Å². The Labute approximate surface area is 154 Å². The maximum atomic E-state index is 12.4. The van der Waals surface area contributed by atoms with Crippen LogP contribution in [0.4, 0.5) is 4.79 Å². The SMILES string of the molecule is CC(C)[C@@H](NC(=O)NCc1ccccc1)c1ccc2c(c1)OCCCO2. The topological polar surface area (TPSA) is 59.6 Å². The maximum Gasteiger partial charge on any atom is 0.315 e. The van der Waals surface area contributed by atoms with E-state index in [9.17, 15) is 4.79 Å². The zero-order chi connectivity index (χ0) is 18.4. The summed E-state index contributed by atoms with van der Waals surface area (Å²) < 4.78 is 11.5. The van der Waals surface area contributed by atoms with E-state index in [2.05, 4.69) is 24.5 Å². The van der Waals surface area contributed by atoms with E-state index in [1.54, 1.807) is 0 Å². The summed E-state index contributed by atoms with van der Waals surface area (Å²) in [4.78, 5) is 12.4. The van der Waals surface area contributed by atoms with Crippen molar-refractivity contribution in [2.75, 3.05) is 13.2 Å². The molecule has 2 aromatic rings. The molecule has 0 spiro atoms. The van der Waals surface area contributed by atoms with Gasteiger partial charge in [0.05, 0.1) is 19.3 Å². The Bertz CT molecular complexity index is 731. The third kappa shape index (κ3) is 4.69. The molecule has 0 bridgehead atoms. The molecule has 0 saturated carbocycles. The highest BCUT2D eigenvalue weighted by Crippen LogP contribution is 2.34. The zero-order valence-electron chi connectivity index (χ0n) is 15.3. The quantitative estimate of drug-likeness (QED) is 0.852. The first-order valence-corrected chi connectivity index (χ1v) is 9.11. The minimum atomic E-state index is -0.181. The van der Waals surface area contributed by atoms with Crippen LogP contribution in [0.25, 0.3) is 0 Å². The molecule has 2 amide bonds. The number of carbonyl (C=O) groups excluding carboxylic acids is 1. The molecule has 26 heavy (non-hydrogen) atoms. The zero-order valence-corrected chi connectivity index (χ0v) is 15.3. The van der Waals surface area contributed by atoms with E-state index < -0.39 is 0 Å². The number of hydrogen-bond donors (Lipinski definition) is 2. The van der Waals surface area contributed by atoms with Gasteiger partial charge in [0.25, 0.3) is 0 Å². The van der Waals surface area contributed by atoms with E-state index in [1.807, 2.05) is 48.5 Å². The molecule has 3 rings (SSSR count). The van der Waals surface area contributed by atoms with Crippen LogP contribution in [0.1, 0.15) is 37.4 Å². The summed E-state index contributed by atoms with van der Waals surface area (Å²) in [6, 6.07) is 15.5. The van der Waals surface area contributed by atoms with Gasteiger partial charge < -0.3 is 20.1 Å². The van der Waals surface area contributed by atoms with E-state index >= 15 is 0 Å². The molecule has 0 fully saturated rings. The largest absolute Gasteiger partial charge is 0.490 e. The summed E-state index contributed by atoms with van der Waals surface area (Å²) >= 11 is 0. The third-order valence-electron chi connectivity index (χ3n) is 4.38. The van der Waals surface area contributed by atoms with E-state index in [0.29, 0.717) is 19.8 Å². The molecule has 0 saturated heterocycles. The van der Waals surface area contributed by atoms with E-state index in [-0.39, 0.29) is 18.0 Å². The second kappa shape index (κ2) is 8.61. The Kier molecular flexibility index (Phi) is 6.00. The predicted octanol–water partition coefficient (Wildman–Crippen LogP) is 4.04.